The van der Waals surface area contributed by atoms with Crippen LogP contribution in [-0.4, -0.2) is 29.2 Å². The van der Waals surface area contributed by atoms with Gasteiger partial charge in [0.2, 0.25) is 5.95 Å². The first-order valence-corrected chi connectivity index (χ1v) is 7.30. The molecule has 1 aliphatic heterocycles. The monoisotopic (exact) mass is 295 g/mol. The zero-order chi connectivity index (χ0) is 15.2. The summed E-state index contributed by atoms with van der Waals surface area (Å²) in [4.78, 5) is 8.61. The number of hydrogen-bond donors (Lipinski definition) is 2. The molecule has 1 aliphatic rings. The third-order valence-corrected chi connectivity index (χ3v) is 3.48. The molecule has 2 heterocycles. The molecule has 6 nitrogen and oxygen atoms in total. The Kier molecular flexibility index (Phi) is 4.47. The zero-order valence-electron chi connectivity index (χ0n) is 12.1. The van der Waals surface area contributed by atoms with E-state index >= 15 is 0 Å². The lowest BCUT2D eigenvalue weighted by molar-refractivity contribution is 0.120. The van der Waals surface area contributed by atoms with Gasteiger partial charge >= 0.3 is 0 Å². The van der Waals surface area contributed by atoms with Crippen LogP contribution in [0.15, 0.2) is 36.5 Å². The van der Waals surface area contributed by atoms with Crippen molar-refractivity contribution < 1.29 is 4.74 Å². The van der Waals surface area contributed by atoms with Gasteiger partial charge < -0.3 is 15.4 Å². The predicted molar refractivity (Wildman–Crippen MR) is 83.9 cm³/mol. The summed E-state index contributed by atoms with van der Waals surface area (Å²) in [5, 5.41) is 15.4. The van der Waals surface area contributed by atoms with Gasteiger partial charge in [-0.1, -0.05) is 12.1 Å². The maximum Gasteiger partial charge on any atom is 0.224 e. The van der Waals surface area contributed by atoms with Crippen molar-refractivity contribution in [1.82, 2.24) is 9.97 Å². The SMILES string of the molecule is N#Cc1ccccc1Nc1ccnc(NCC2CCCO2)n1. The van der Waals surface area contributed by atoms with Crippen molar-refractivity contribution in [3.05, 3.63) is 42.1 Å². The first-order chi connectivity index (χ1) is 10.8. The smallest absolute Gasteiger partial charge is 0.224 e. The molecule has 1 aromatic carbocycles. The van der Waals surface area contributed by atoms with Gasteiger partial charge in [0, 0.05) is 19.3 Å². The van der Waals surface area contributed by atoms with Gasteiger partial charge in [-0.2, -0.15) is 10.2 Å². The summed E-state index contributed by atoms with van der Waals surface area (Å²) in [6, 6.07) is 11.2. The van der Waals surface area contributed by atoms with Gasteiger partial charge in [0.15, 0.2) is 0 Å². The number of aromatic nitrogens is 2. The number of anilines is 3. The van der Waals surface area contributed by atoms with E-state index in [-0.39, 0.29) is 6.10 Å². The average Bonchev–Trinajstić information content (AvgIpc) is 3.07. The molecular weight excluding hydrogens is 278 g/mol. The highest BCUT2D eigenvalue weighted by Gasteiger charge is 2.15. The highest BCUT2D eigenvalue weighted by molar-refractivity contribution is 5.64. The molecule has 1 fully saturated rings. The van der Waals surface area contributed by atoms with Crippen LogP contribution in [0.3, 0.4) is 0 Å². The van der Waals surface area contributed by atoms with E-state index in [4.69, 9.17) is 10.00 Å². The Labute approximate surface area is 129 Å². The fourth-order valence-corrected chi connectivity index (χ4v) is 2.35. The second-order valence-electron chi connectivity index (χ2n) is 5.06. The largest absolute Gasteiger partial charge is 0.376 e. The molecule has 0 bridgehead atoms. The molecule has 1 aromatic heterocycles. The van der Waals surface area contributed by atoms with Crippen LogP contribution < -0.4 is 10.6 Å². The summed E-state index contributed by atoms with van der Waals surface area (Å²) in [6.07, 6.45) is 4.10. The van der Waals surface area contributed by atoms with Gasteiger partial charge in [-0.05, 0) is 31.0 Å². The second kappa shape index (κ2) is 6.87. The van der Waals surface area contributed by atoms with E-state index < -0.39 is 0 Å². The van der Waals surface area contributed by atoms with E-state index in [1.165, 1.54) is 0 Å². The predicted octanol–water partition coefficient (Wildman–Crippen LogP) is 2.68. The molecule has 0 aliphatic carbocycles. The van der Waals surface area contributed by atoms with Crippen molar-refractivity contribution in [3.8, 4) is 6.07 Å². The van der Waals surface area contributed by atoms with E-state index in [0.717, 1.165) is 25.1 Å². The topological polar surface area (TPSA) is 82.9 Å². The minimum atomic E-state index is 0.236. The minimum Gasteiger partial charge on any atom is -0.376 e. The van der Waals surface area contributed by atoms with Gasteiger partial charge in [0.1, 0.15) is 11.9 Å². The van der Waals surface area contributed by atoms with Gasteiger partial charge in [-0.3, -0.25) is 0 Å². The Hall–Kier alpha value is -2.65. The molecule has 2 N–H and O–H groups in total. The maximum absolute atomic E-state index is 9.11. The van der Waals surface area contributed by atoms with Crippen LogP contribution in [0.25, 0.3) is 0 Å². The number of nitrogens with zero attached hydrogens (tertiary/aromatic N) is 3. The van der Waals surface area contributed by atoms with Crippen molar-refractivity contribution in [2.75, 3.05) is 23.8 Å². The molecule has 0 radical (unpaired) electrons. The van der Waals surface area contributed by atoms with Gasteiger partial charge in [0.05, 0.1) is 17.4 Å². The van der Waals surface area contributed by atoms with Gasteiger partial charge in [0.25, 0.3) is 0 Å². The third-order valence-electron chi connectivity index (χ3n) is 3.48. The number of benzene rings is 1. The molecular formula is C16H17N5O. The van der Waals surface area contributed by atoms with Crippen LogP contribution in [-0.2, 0) is 4.74 Å². The van der Waals surface area contributed by atoms with E-state index in [9.17, 15) is 0 Å². The van der Waals surface area contributed by atoms with Crippen LogP contribution in [0.1, 0.15) is 18.4 Å². The van der Waals surface area contributed by atoms with Crippen molar-refractivity contribution in [2.24, 2.45) is 0 Å². The molecule has 2 aromatic rings. The van der Waals surface area contributed by atoms with Crippen LogP contribution in [0.5, 0.6) is 0 Å². The standard InChI is InChI=1S/C16H17N5O/c17-10-12-4-1-2-6-14(12)20-15-7-8-18-16(21-15)19-11-13-5-3-9-22-13/h1-2,4,6-8,13H,3,5,9,11H2,(H2,18,19,20,21). The number of nitrogens with one attached hydrogen (secondary N) is 2. The Morgan fingerprint density at radius 3 is 3.05 bits per heavy atom. The van der Waals surface area contributed by atoms with Crippen LogP contribution in [0, 0.1) is 11.3 Å². The summed E-state index contributed by atoms with van der Waals surface area (Å²) in [5.41, 5.74) is 1.31. The summed E-state index contributed by atoms with van der Waals surface area (Å²) < 4.78 is 5.56. The molecule has 112 valence electrons. The second-order valence-corrected chi connectivity index (χ2v) is 5.06. The highest BCUT2D eigenvalue weighted by Crippen LogP contribution is 2.19. The van der Waals surface area contributed by atoms with E-state index in [1.807, 2.05) is 18.2 Å². The normalized spacial score (nSPS) is 17.0. The molecule has 0 amide bonds. The lowest BCUT2D eigenvalue weighted by Crippen LogP contribution is -2.19. The quantitative estimate of drug-likeness (QED) is 0.882. The molecule has 6 heteroatoms. The fourth-order valence-electron chi connectivity index (χ4n) is 2.35. The first-order valence-electron chi connectivity index (χ1n) is 7.30. The Bertz CT molecular complexity index is 676. The molecule has 0 spiro atoms. The van der Waals surface area contributed by atoms with Crippen molar-refractivity contribution >= 4 is 17.5 Å². The molecule has 0 saturated carbocycles. The van der Waals surface area contributed by atoms with E-state index in [2.05, 4.69) is 26.7 Å². The van der Waals surface area contributed by atoms with Crippen LogP contribution in [0.2, 0.25) is 0 Å². The van der Waals surface area contributed by atoms with Crippen LogP contribution in [0.4, 0.5) is 17.5 Å². The molecule has 3 rings (SSSR count). The Balaban J connectivity index is 1.67. The third kappa shape index (κ3) is 3.51. The van der Waals surface area contributed by atoms with E-state index in [1.54, 1.807) is 18.3 Å². The number of para-hydroxylation sites is 1. The van der Waals surface area contributed by atoms with E-state index in [0.29, 0.717) is 23.9 Å². The average molecular weight is 295 g/mol. The lowest BCUT2D eigenvalue weighted by atomic mass is 10.2. The summed E-state index contributed by atoms with van der Waals surface area (Å²) in [6.45, 7) is 1.54. The Morgan fingerprint density at radius 1 is 1.32 bits per heavy atom. The fraction of sp³-hybridized carbons (Fsp3) is 0.312. The maximum atomic E-state index is 9.11. The summed E-state index contributed by atoms with van der Waals surface area (Å²) in [5.74, 6) is 1.20. The highest BCUT2D eigenvalue weighted by atomic mass is 16.5. The summed E-state index contributed by atoms with van der Waals surface area (Å²) >= 11 is 0. The molecule has 1 atom stereocenters. The number of nitriles is 1. The minimum absolute atomic E-state index is 0.236. The van der Waals surface area contributed by atoms with Gasteiger partial charge in [-0.25, -0.2) is 4.98 Å². The molecule has 1 unspecified atom stereocenters. The Morgan fingerprint density at radius 2 is 2.23 bits per heavy atom. The molecule has 22 heavy (non-hydrogen) atoms. The summed E-state index contributed by atoms with van der Waals surface area (Å²) in [7, 11) is 0. The molecule has 1 saturated heterocycles. The number of hydrogen-bond acceptors (Lipinski definition) is 6. The number of rotatable bonds is 5. The van der Waals surface area contributed by atoms with Crippen molar-refractivity contribution in [2.45, 2.75) is 18.9 Å². The lowest BCUT2D eigenvalue weighted by Gasteiger charge is -2.12. The number of ether oxygens (including phenoxy) is 1. The zero-order valence-corrected chi connectivity index (χ0v) is 12.1. The van der Waals surface area contributed by atoms with Crippen molar-refractivity contribution in [3.63, 3.8) is 0 Å². The van der Waals surface area contributed by atoms with Gasteiger partial charge in [-0.15, -0.1) is 0 Å². The first kappa shape index (κ1) is 14.3. The van der Waals surface area contributed by atoms with Crippen LogP contribution >= 0.6 is 0 Å². The van der Waals surface area contributed by atoms with Crippen molar-refractivity contribution in [1.29, 1.82) is 5.26 Å².